The zero-order valence-electron chi connectivity index (χ0n) is 14.9. The number of rotatable bonds is 6. The fourth-order valence-corrected chi connectivity index (χ4v) is 3.82. The fourth-order valence-electron chi connectivity index (χ4n) is 2.47. The molecule has 0 aliphatic carbocycles. The largest absolute Gasteiger partial charge is 0.490 e. The van der Waals surface area contributed by atoms with Crippen molar-refractivity contribution in [2.75, 3.05) is 20.3 Å². The van der Waals surface area contributed by atoms with Crippen molar-refractivity contribution in [3.63, 3.8) is 0 Å². The second-order valence-corrected chi connectivity index (χ2v) is 8.00. The number of likely N-dealkylation sites (N-methyl/N-ethyl adjacent to an activating group) is 1. The van der Waals surface area contributed by atoms with Crippen molar-refractivity contribution in [1.29, 1.82) is 0 Å². The maximum atomic E-state index is 12.2. The molecular weight excluding hydrogens is 402 g/mol. The van der Waals surface area contributed by atoms with Gasteiger partial charge in [0.25, 0.3) is 5.91 Å². The zero-order chi connectivity index (χ0) is 19.4. The van der Waals surface area contributed by atoms with E-state index >= 15 is 0 Å². The van der Waals surface area contributed by atoms with Gasteiger partial charge in [0.2, 0.25) is 0 Å². The maximum Gasteiger partial charge on any atom is 0.265 e. The Kier molecular flexibility index (Phi) is 6.42. The van der Waals surface area contributed by atoms with Gasteiger partial charge in [0.15, 0.2) is 0 Å². The number of carbonyl (C=O) groups is 1. The van der Waals surface area contributed by atoms with Crippen molar-refractivity contribution in [2.24, 2.45) is 0 Å². The van der Waals surface area contributed by atoms with Gasteiger partial charge in [0.1, 0.15) is 29.0 Å². The van der Waals surface area contributed by atoms with Gasteiger partial charge in [-0.2, -0.15) is 0 Å². The first kappa shape index (κ1) is 19.7. The summed E-state index contributed by atoms with van der Waals surface area (Å²) >= 11 is 12.5. The first-order chi connectivity index (χ1) is 13.0. The van der Waals surface area contributed by atoms with Crippen LogP contribution in [0.4, 0.5) is 0 Å². The highest BCUT2D eigenvalue weighted by atomic mass is 35.5. The second kappa shape index (κ2) is 8.78. The van der Waals surface area contributed by atoms with E-state index in [9.17, 15) is 4.79 Å². The molecule has 1 aliphatic heterocycles. The van der Waals surface area contributed by atoms with Gasteiger partial charge in [-0.3, -0.25) is 9.69 Å². The number of thiocarbonyl (C=S) groups is 1. The molecule has 0 saturated carbocycles. The van der Waals surface area contributed by atoms with Crippen LogP contribution < -0.4 is 9.47 Å². The minimum Gasteiger partial charge on any atom is -0.490 e. The minimum absolute atomic E-state index is 0.126. The lowest BCUT2D eigenvalue weighted by molar-refractivity contribution is -0.121. The first-order valence-electron chi connectivity index (χ1n) is 8.28. The molecule has 0 radical (unpaired) electrons. The second-order valence-electron chi connectivity index (χ2n) is 5.89. The number of aryl methyl sites for hydroxylation is 1. The average Bonchev–Trinajstić information content (AvgIpc) is 2.88. The third-order valence-corrected chi connectivity index (χ3v) is 5.66. The van der Waals surface area contributed by atoms with Crippen LogP contribution in [0.5, 0.6) is 11.5 Å². The van der Waals surface area contributed by atoms with Crippen LogP contribution in [0.2, 0.25) is 5.02 Å². The van der Waals surface area contributed by atoms with Gasteiger partial charge in [-0.05, 0) is 42.8 Å². The van der Waals surface area contributed by atoms with Crippen molar-refractivity contribution >= 4 is 51.9 Å². The first-order valence-corrected chi connectivity index (χ1v) is 9.88. The van der Waals surface area contributed by atoms with Crippen LogP contribution in [0.25, 0.3) is 6.08 Å². The quantitative estimate of drug-likeness (QED) is 0.377. The SMILES string of the molecule is Cc1ccccc1OCCOc1ccc(Cl)cc1/C=C1\SC(=S)N(C)C1=O. The van der Waals surface area contributed by atoms with Crippen molar-refractivity contribution in [1.82, 2.24) is 4.90 Å². The van der Waals surface area contributed by atoms with Crippen molar-refractivity contribution in [3.05, 3.63) is 63.5 Å². The molecule has 27 heavy (non-hydrogen) atoms. The molecule has 0 spiro atoms. The molecule has 0 atom stereocenters. The summed E-state index contributed by atoms with van der Waals surface area (Å²) in [6.45, 7) is 2.77. The Hall–Kier alpha value is -2.02. The van der Waals surface area contributed by atoms with E-state index in [1.165, 1.54) is 16.7 Å². The number of hydrogen-bond donors (Lipinski definition) is 0. The van der Waals surface area contributed by atoms with Gasteiger partial charge in [-0.1, -0.05) is 53.8 Å². The fraction of sp³-hybridized carbons (Fsp3) is 0.200. The minimum atomic E-state index is -0.126. The van der Waals surface area contributed by atoms with Gasteiger partial charge >= 0.3 is 0 Å². The van der Waals surface area contributed by atoms with Crippen molar-refractivity contribution in [2.45, 2.75) is 6.92 Å². The van der Waals surface area contributed by atoms with Crippen molar-refractivity contribution in [3.8, 4) is 11.5 Å². The van der Waals surface area contributed by atoms with E-state index in [1.807, 2.05) is 31.2 Å². The number of thioether (sulfide) groups is 1. The number of benzene rings is 2. The van der Waals surface area contributed by atoms with Gasteiger partial charge in [-0.25, -0.2) is 0 Å². The number of ether oxygens (including phenoxy) is 2. The lowest BCUT2D eigenvalue weighted by Gasteiger charge is -2.12. The average molecular weight is 420 g/mol. The summed E-state index contributed by atoms with van der Waals surface area (Å²) < 4.78 is 12.1. The molecule has 0 aromatic heterocycles. The molecule has 1 fully saturated rings. The Bertz CT molecular complexity index is 914. The molecule has 1 aliphatic rings. The highest BCUT2D eigenvalue weighted by Gasteiger charge is 2.29. The van der Waals surface area contributed by atoms with Crippen LogP contribution in [0, 0.1) is 6.92 Å². The van der Waals surface area contributed by atoms with Crippen LogP contribution in [0.3, 0.4) is 0 Å². The van der Waals surface area contributed by atoms with E-state index in [-0.39, 0.29) is 5.91 Å². The Morgan fingerprint density at radius 2 is 1.85 bits per heavy atom. The monoisotopic (exact) mass is 419 g/mol. The molecule has 140 valence electrons. The summed E-state index contributed by atoms with van der Waals surface area (Å²) in [6.07, 6.45) is 1.76. The van der Waals surface area contributed by atoms with Gasteiger partial charge in [0.05, 0.1) is 4.91 Å². The van der Waals surface area contributed by atoms with Crippen LogP contribution >= 0.6 is 35.6 Å². The molecule has 2 aromatic carbocycles. The molecule has 0 unspecified atom stereocenters. The smallest absolute Gasteiger partial charge is 0.265 e. The molecule has 2 aromatic rings. The highest BCUT2D eigenvalue weighted by molar-refractivity contribution is 8.26. The summed E-state index contributed by atoms with van der Waals surface area (Å²) in [5.41, 5.74) is 1.80. The Morgan fingerprint density at radius 1 is 1.15 bits per heavy atom. The van der Waals surface area contributed by atoms with Crippen molar-refractivity contribution < 1.29 is 14.3 Å². The number of halogens is 1. The third kappa shape index (κ3) is 4.83. The number of para-hydroxylation sites is 1. The number of hydrogen-bond acceptors (Lipinski definition) is 5. The molecule has 1 amide bonds. The van der Waals surface area contributed by atoms with Crippen LogP contribution in [0.1, 0.15) is 11.1 Å². The lowest BCUT2D eigenvalue weighted by atomic mass is 10.2. The molecule has 0 N–H and O–H groups in total. The Labute approximate surface area is 173 Å². The van der Waals surface area contributed by atoms with E-state index < -0.39 is 0 Å². The summed E-state index contributed by atoms with van der Waals surface area (Å²) in [7, 11) is 1.66. The van der Waals surface area contributed by atoms with Gasteiger partial charge < -0.3 is 9.47 Å². The molecule has 3 rings (SSSR count). The summed E-state index contributed by atoms with van der Waals surface area (Å²) in [5, 5.41) is 0.566. The zero-order valence-corrected chi connectivity index (χ0v) is 17.3. The van der Waals surface area contributed by atoms with Gasteiger partial charge in [-0.15, -0.1) is 0 Å². The summed E-state index contributed by atoms with van der Waals surface area (Å²) in [4.78, 5) is 14.2. The van der Waals surface area contributed by atoms with Crippen LogP contribution in [0.15, 0.2) is 47.4 Å². The number of amides is 1. The predicted octanol–water partition coefficient (Wildman–Crippen LogP) is 4.94. The standard InChI is InChI=1S/C20H18ClNO3S2/c1-13-5-3-4-6-16(13)24-9-10-25-17-8-7-15(21)11-14(17)12-18-19(23)22(2)20(26)27-18/h3-8,11-12H,9-10H2,1-2H3/b18-12-. The summed E-state index contributed by atoms with van der Waals surface area (Å²) in [5.74, 6) is 1.34. The molecule has 4 nitrogen and oxygen atoms in total. The Balaban J connectivity index is 1.69. The number of nitrogens with zero attached hydrogens (tertiary/aromatic N) is 1. The Morgan fingerprint density at radius 3 is 2.52 bits per heavy atom. The third-order valence-electron chi connectivity index (χ3n) is 3.94. The molecular formula is C20H18ClNO3S2. The maximum absolute atomic E-state index is 12.2. The van der Waals surface area contributed by atoms with Crippen LogP contribution in [-0.4, -0.2) is 35.4 Å². The van der Waals surface area contributed by atoms with E-state index in [2.05, 4.69) is 0 Å². The van der Waals surface area contributed by atoms with Crippen LogP contribution in [-0.2, 0) is 4.79 Å². The summed E-state index contributed by atoms with van der Waals surface area (Å²) in [6, 6.07) is 13.1. The van der Waals surface area contributed by atoms with E-state index in [4.69, 9.17) is 33.3 Å². The number of carbonyl (C=O) groups excluding carboxylic acids is 1. The molecule has 1 saturated heterocycles. The van der Waals surface area contributed by atoms with Gasteiger partial charge in [0, 0.05) is 17.6 Å². The molecule has 1 heterocycles. The molecule has 7 heteroatoms. The highest BCUT2D eigenvalue weighted by Crippen LogP contribution is 2.34. The molecule has 0 bridgehead atoms. The van der Waals surface area contributed by atoms with E-state index in [0.29, 0.717) is 33.2 Å². The van der Waals surface area contributed by atoms with E-state index in [1.54, 1.807) is 31.3 Å². The lowest BCUT2D eigenvalue weighted by Crippen LogP contribution is -2.22. The topological polar surface area (TPSA) is 38.8 Å². The normalized spacial score (nSPS) is 15.5. The predicted molar refractivity (Wildman–Crippen MR) is 115 cm³/mol. The van der Waals surface area contributed by atoms with E-state index in [0.717, 1.165) is 16.9 Å².